The number of benzene rings is 2. The highest BCUT2D eigenvalue weighted by Gasteiger charge is 2.16. The van der Waals surface area contributed by atoms with E-state index in [-0.39, 0.29) is 6.04 Å². The van der Waals surface area contributed by atoms with Gasteiger partial charge in [-0.1, -0.05) is 24.3 Å². The highest BCUT2D eigenvalue weighted by molar-refractivity contribution is 6.00. The van der Waals surface area contributed by atoms with E-state index in [4.69, 9.17) is 10.5 Å². The van der Waals surface area contributed by atoms with Crippen LogP contribution in [0.5, 0.6) is 11.5 Å². The van der Waals surface area contributed by atoms with Crippen LogP contribution in [0, 0.1) is 0 Å². The Morgan fingerprint density at radius 2 is 1.82 bits per heavy atom. The summed E-state index contributed by atoms with van der Waals surface area (Å²) in [5, 5.41) is 0.844. The molecule has 140 valence electrons. The van der Waals surface area contributed by atoms with E-state index in [9.17, 15) is 4.79 Å². The van der Waals surface area contributed by atoms with E-state index < -0.39 is 0 Å². The van der Waals surface area contributed by atoms with Crippen molar-refractivity contribution in [2.45, 2.75) is 19.9 Å². The summed E-state index contributed by atoms with van der Waals surface area (Å²) in [7, 11) is 0. The Bertz CT molecular complexity index is 1150. The number of anilines is 1. The van der Waals surface area contributed by atoms with Crippen molar-refractivity contribution in [3.63, 3.8) is 0 Å². The van der Waals surface area contributed by atoms with Gasteiger partial charge in [0.25, 0.3) is 0 Å². The molecule has 0 aliphatic carbocycles. The number of ether oxygens (including phenoxy) is 1. The van der Waals surface area contributed by atoms with Gasteiger partial charge in [0.2, 0.25) is 0 Å². The zero-order chi connectivity index (χ0) is 19.7. The molecule has 2 aromatic heterocycles. The number of carbonyl (C=O) groups excluding carboxylic acids is 1. The van der Waals surface area contributed by atoms with Crippen molar-refractivity contribution in [2.75, 3.05) is 5.73 Å². The van der Waals surface area contributed by atoms with Gasteiger partial charge < -0.3 is 15.0 Å². The van der Waals surface area contributed by atoms with Crippen LogP contribution in [0.2, 0.25) is 0 Å². The SMILES string of the molecule is CC(C)n1cc(-c2ccc(Oc3ccccc3C=O)cc2)c2c(N)ncnc21. The highest BCUT2D eigenvalue weighted by atomic mass is 16.5. The fraction of sp³-hybridized carbons (Fsp3) is 0.136. The topological polar surface area (TPSA) is 83.0 Å². The number of nitrogen functional groups attached to an aromatic ring is 1. The van der Waals surface area contributed by atoms with Crippen LogP contribution in [-0.2, 0) is 0 Å². The van der Waals surface area contributed by atoms with Crippen molar-refractivity contribution < 1.29 is 9.53 Å². The average molecular weight is 372 g/mol. The fourth-order valence-electron chi connectivity index (χ4n) is 3.22. The molecule has 2 N–H and O–H groups in total. The number of aromatic nitrogens is 3. The first kappa shape index (κ1) is 17.7. The lowest BCUT2D eigenvalue weighted by atomic mass is 10.1. The zero-order valence-electron chi connectivity index (χ0n) is 15.7. The number of aldehydes is 1. The van der Waals surface area contributed by atoms with Crippen molar-refractivity contribution >= 4 is 23.1 Å². The van der Waals surface area contributed by atoms with E-state index >= 15 is 0 Å². The Morgan fingerprint density at radius 3 is 2.54 bits per heavy atom. The molecule has 0 atom stereocenters. The molecule has 0 radical (unpaired) electrons. The number of fused-ring (bicyclic) bond motifs is 1. The number of nitrogens with two attached hydrogens (primary N) is 1. The molecule has 28 heavy (non-hydrogen) atoms. The molecule has 6 nitrogen and oxygen atoms in total. The zero-order valence-corrected chi connectivity index (χ0v) is 15.7. The summed E-state index contributed by atoms with van der Waals surface area (Å²) in [6.45, 7) is 4.20. The minimum Gasteiger partial charge on any atom is -0.457 e. The van der Waals surface area contributed by atoms with Crippen molar-refractivity contribution in [2.24, 2.45) is 0 Å². The number of rotatable bonds is 5. The molecule has 4 aromatic rings. The Morgan fingerprint density at radius 1 is 1.07 bits per heavy atom. The molecule has 2 heterocycles. The van der Waals surface area contributed by atoms with Gasteiger partial charge in [-0.25, -0.2) is 9.97 Å². The van der Waals surface area contributed by atoms with Crippen LogP contribution < -0.4 is 10.5 Å². The van der Waals surface area contributed by atoms with Gasteiger partial charge in [-0.15, -0.1) is 0 Å². The van der Waals surface area contributed by atoms with Crippen LogP contribution >= 0.6 is 0 Å². The molecule has 0 amide bonds. The average Bonchev–Trinajstić information content (AvgIpc) is 3.10. The van der Waals surface area contributed by atoms with E-state index in [1.165, 1.54) is 6.33 Å². The van der Waals surface area contributed by atoms with Gasteiger partial charge in [-0.3, -0.25) is 4.79 Å². The summed E-state index contributed by atoms with van der Waals surface area (Å²) in [4.78, 5) is 19.7. The normalized spacial score (nSPS) is 11.1. The van der Waals surface area contributed by atoms with Crippen LogP contribution in [-0.4, -0.2) is 20.8 Å². The number of nitrogens with zero attached hydrogens (tertiary/aromatic N) is 3. The van der Waals surface area contributed by atoms with Gasteiger partial charge in [-0.05, 0) is 43.7 Å². The molecule has 0 spiro atoms. The molecule has 0 unspecified atom stereocenters. The van der Waals surface area contributed by atoms with Crippen molar-refractivity contribution in [1.29, 1.82) is 0 Å². The fourth-order valence-corrected chi connectivity index (χ4v) is 3.22. The highest BCUT2D eigenvalue weighted by Crippen LogP contribution is 2.35. The molecular formula is C22H20N4O2. The Kier molecular flexibility index (Phi) is 4.53. The van der Waals surface area contributed by atoms with Crippen LogP contribution in [0.15, 0.2) is 61.1 Å². The smallest absolute Gasteiger partial charge is 0.153 e. The van der Waals surface area contributed by atoms with Crippen LogP contribution in [0.4, 0.5) is 5.82 Å². The lowest BCUT2D eigenvalue weighted by molar-refractivity contribution is 0.112. The van der Waals surface area contributed by atoms with Gasteiger partial charge >= 0.3 is 0 Å². The predicted molar refractivity (Wildman–Crippen MR) is 110 cm³/mol. The minimum absolute atomic E-state index is 0.244. The summed E-state index contributed by atoms with van der Waals surface area (Å²) in [6.07, 6.45) is 4.33. The Hall–Kier alpha value is -3.67. The first-order valence-corrected chi connectivity index (χ1v) is 9.02. The Balaban J connectivity index is 1.73. The quantitative estimate of drug-likeness (QED) is 0.506. The van der Waals surface area contributed by atoms with Gasteiger partial charge in [0.15, 0.2) is 6.29 Å². The van der Waals surface area contributed by atoms with Gasteiger partial charge in [0.05, 0.1) is 10.9 Å². The first-order chi connectivity index (χ1) is 13.6. The van der Waals surface area contributed by atoms with Gasteiger partial charge in [0.1, 0.15) is 29.3 Å². The maximum Gasteiger partial charge on any atom is 0.153 e. The van der Waals surface area contributed by atoms with E-state index in [0.29, 0.717) is 22.9 Å². The molecule has 0 saturated heterocycles. The molecular weight excluding hydrogens is 352 g/mol. The third kappa shape index (κ3) is 3.09. The van der Waals surface area contributed by atoms with Gasteiger partial charge in [0, 0.05) is 17.8 Å². The van der Waals surface area contributed by atoms with Crippen molar-refractivity contribution in [3.05, 3.63) is 66.6 Å². The molecule has 0 saturated carbocycles. The standard InChI is InChI=1S/C22H20N4O2/c1-14(2)26-11-18(20-21(23)24-13-25-22(20)26)15-7-9-17(10-8-15)28-19-6-4-3-5-16(19)12-27/h3-14H,1-2H3,(H2,23,24,25). The minimum atomic E-state index is 0.244. The second-order valence-corrected chi connectivity index (χ2v) is 6.78. The van der Waals surface area contributed by atoms with E-state index in [0.717, 1.165) is 28.4 Å². The summed E-state index contributed by atoms with van der Waals surface area (Å²) in [5.74, 6) is 1.63. The second kappa shape index (κ2) is 7.15. The summed E-state index contributed by atoms with van der Waals surface area (Å²) >= 11 is 0. The monoisotopic (exact) mass is 372 g/mol. The van der Waals surface area contributed by atoms with E-state index in [1.807, 2.05) is 30.3 Å². The van der Waals surface area contributed by atoms with Crippen molar-refractivity contribution in [3.8, 4) is 22.6 Å². The molecule has 2 aromatic carbocycles. The van der Waals surface area contributed by atoms with Gasteiger partial charge in [-0.2, -0.15) is 0 Å². The summed E-state index contributed by atoms with van der Waals surface area (Å²) in [6, 6.07) is 15.0. The number of para-hydroxylation sites is 1. The number of carbonyl (C=O) groups is 1. The third-order valence-electron chi connectivity index (χ3n) is 4.63. The molecule has 4 rings (SSSR count). The maximum atomic E-state index is 11.2. The molecule has 0 bridgehead atoms. The lowest BCUT2D eigenvalue weighted by Crippen LogP contribution is -2.00. The van der Waals surface area contributed by atoms with Crippen LogP contribution in [0.1, 0.15) is 30.2 Å². The van der Waals surface area contributed by atoms with Crippen LogP contribution in [0.25, 0.3) is 22.2 Å². The van der Waals surface area contributed by atoms with E-state index in [1.54, 1.807) is 18.2 Å². The lowest BCUT2D eigenvalue weighted by Gasteiger charge is -2.08. The van der Waals surface area contributed by atoms with Crippen LogP contribution in [0.3, 0.4) is 0 Å². The van der Waals surface area contributed by atoms with Crippen molar-refractivity contribution in [1.82, 2.24) is 14.5 Å². The first-order valence-electron chi connectivity index (χ1n) is 9.02. The molecule has 0 aliphatic rings. The molecule has 0 aliphatic heterocycles. The predicted octanol–water partition coefficient (Wildman–Crippen LogP) is 4.87. The molecule has 6 heteroatoms. The third-order valence-corrected chi connectivity index (χ3v) is 4.63. The number of hydrogen-bond donors (Lipinski definition) is 1. The summed E-state index contributed by atoms with van der Waals surface area (Å²) in [5.41, 5.74) is 9.44. The largest absolute Gasteiger partial charge is 0.457 e. The molecule has 0 fully saturated rings. The van der Waals surface area contributed by atoms with E-state index in [2.05, 4.69) is 34.6 Å². The summed E-state index contributed by atoms with van der Waals surface area (Å²) < 4.78 is 7.95. The Labute approximate surface area is 162 Å². The second-order valence-electron chi connectivity index (χ2n) is 6.78. The number of hydrogen-bond acceptors (Lipinski definition) is 5. The maximum absolute atomic E-state index is 11.2.